The summed E-state index contributed by atoms with van der Waals surface area (Å²) in [6.07, 6.45) is 3.37. The number of anilines is 1. The molecule has 0 spiro atoms. The van der Waals surface area contributed by atoms with Gasteiger partial charge in [0.2, 0.25) is 5.91 Å². The first-order valence-electron chi connectivity index (χ1n) is 7.52. The molecule has 1 fully saturated rings. The van der Waals surface area contributed by atoms with Crippen LogP contribution in [0, 0.1) is 22.7 Å². The number of aromatic nitrogens is 2. The van der Waals surface area contributed by atoms with Crippen molar-refractivity contribution in [3.63, 3.8) is 0 Å². The summed E-state index contributed by atoms with van der Waals surface area (Å²) in [7, 11) is 3.90. The highest BCUT2D eigenvalue weighted by molar-refractivity contribution is 5.84. The van der Waals surface area contributed by atoms with Gasteiger partial charge in [0, 0.05) is 38.9 Å². The number of rotatable bonds is 4. The summed E-state index contributed by atoms with van der Waals surface area (Å²) < 4.78 is 0. The average Bonchev–Trinajstić information content (AvgIpc) is 2.95. The predicted octanol–water partition coefficient (Wildman–Crippen LogP) is 1.48. The van der Waals surface area contributed by atoms with E-state index in [0.717, 1.165) is 30.9 Å². The Labute approximate surface area is 131 Å². The van der Waals surface area contributed by atoms with E-state index >= 15 is 0 Å². The lowest BCUT2D eigenvalue weighted by Crippen LogP contribution is -2.38. The van der Waals surface area contributed by atoms with E-state index in [1.165, 1.54) is 0 Å². The fourth-order valence-electron chi connectivity index (χ4n) is 2.66. The maximum atomic E-state index is 12.3. The van der Waals surface area contributed by atoms with E-state index in [2.05, 4.69) is 16.0 Å². The van der Waals surface area contributed by atoms with E-state index in [9.17, 15) is 4.79 Å². The number of hydrogen-bond donors (Lipinski definition) is 0. The standard InChI is InChI=1S/C16H23N5O/c1-16(2,10-17)15(22)21-6-5-12(9-21)7-13-8-14(20(3)4)19-11-18-13/h8,11-12H,5-7,9H2,1-4H3. The van der Waals surface area contributed by atoms with Crippen LogP contribution in [0.15, 0.2) is 12.4 Å². The lowest BCUT2D eigenvalue weighted by atomic mass is 9.94. The van der Waals surface area contributed by atoms with Gasteiger partial charge < -0.3 is 9.80 Å². The molecule has 1 aromatic rings. The van der Waals surface area contributed by atoms with Gasteiger partial charge in [-0.25, -0.2) is 9.97 Å². The highest BCUT2D eigenvalue weighted by Crippen LogP contribution is 2.26. The Morgan fingerprint density at radius 1 is 1.50 bits per heavy atom. The van der Waals surface area contributed by atoms with Crippen LogP contribution in [0.1, 0.15) is 26.0 Å². The van der Waals surface area contributed by atoms with Crippen molar-refractivity contribution >= 4 is 11.7 Å². The molecule has 22 heavy (non-hydrogen) atoms. The van der Waals surface area contributed by atoms with Crippen LogP contribution in [-0.4, -0.2) is 48.0 Å². The van der Waals surface area contributed by atoms with Crippen LogP contribution in [0.2, 0.25) is 0 Å². The van der Waals surface area contributed by atoms with Gasteiger partial charge in [-0.1, -0.05) is 0 Å². The van der Waals surface area contributed by atoms with Crippen molar-refractivity contribution in [2.24, 2.45) is 11.3 Å². The van der Waals surface area contributed by atoms with E-state index in [0.29, 0.717) is 12.5 Å². The Bertz CT molecular complexity index is 590. The van der Waals surface area contributed by atoms with E-state index in [4.69, 9.17) is 5.26 Å². The van der Waals surface area contributed by atoms with E-state index in [-0.39, 0.29) is 5.91 Å². The Kier molecular flexibility index (Phi) is 4.65. The average molecular weight is 301 g/mol. The molecule has 6 heteroatoms. The van der Waals surface area contributed by atoms with Crippen molar-refractivity contribution in [2.45, 2.75) is 26.7 Å². The SMILES string of the molecule is CN(C)c1cc(CC2CCN(C(=O)C(C)(C)C#N)C2)ncn1. The number of carbonyl (C=O) groups is 1. The smallest absolute Gasteiger partial charge is 0.242 e. The lowest BCUT2D eigenvalue weighted by Gasteiger charge is -2.23. The highest BCUT2D eigenvalue weighted by Gasteiger charge is 2.36. The second kappa shape index (κ2) is 6.30. The molecular formula is C16H23N5O. The molecule has 1 aliphatic heterocycles. The van der Waals surface area contributed by atoms with Gasteiger partial charge in [-0.2, -0.15) is 5.26 Å². The molecule has 6 nitrogen and oxygen atoms in total. The summed E-state index contributed by atoms with van der Waals surface area (Å²) >= 11 is 0. The second-order valence-corrected chi connectivity index (χ2v) is 6.61. The molecule has 0 N–H and O–H groups in total. The summed E-state index contributed by atoms with van der Waals surface area (Å²) in [4.78, 5) is 24.6. The van der Waals surface area contributed by atoms with Gasteiger partial charge in [-0.3, -0.25) is 4.79 Å². The maximum absolute atomic E-state index is 12.3. The van der Waals surface area contributed by atoms with Gasteiger partial charge in [0.25, 0.3) is 0 Å². The van der Waals surface area contributed by atoms with Crippen molar-refractivity contribution in [2.75, 3.05) is 32.1 Å². The van der Waals surface area contributed by atoms with Crippen LogP contribution in [0.3, 0.4) is 0 Å². The third-order valence-corrected chi connectivity index (χ3v) is 4.05. The molecule has 2 heterocycles. The summed E-state index contributed by atoms with van der Waals surface area (Å²) in [5.41, 5.74) is 0.0552. The molecule has 0 aromatic carbocycles. The number of hydrogen-bond acceptors (Lipinski definition) is 5. The monoisotopic (exact) mass is 301 g/mol. The summed E-state index contributed by atoms with van der Waals surface area (Å²) in [5.74, 6) is 1.21. The molecule has 1 aromatic heterocycles. The molecular weight excluding hydrogens is 278 g/mol. The number of amides is 1. The molecule has 1 atom stereocenters. The Balaban J connectivity index is 1.99. The van der Waals surface area contributed by atoms with Crippen LogP contribution in [0.4, 0.5) is 5.82 Å². The van der Waals surface area contributed by atoms with Crippen LogP contribution >= 0.6 is 0 Å². The highest BCUT2D eigenvalue weighted by atomic mass is 16.2. The third-order valence-electron chi connectivity index (χ3n) is 4.05. The first-order chi connectivity index (χ1) is 10.3. The quantitative estimate of drug-likeness (QED) is 0.842. The molecule has 0 saturated carbocycles. The number of carbonyl (C=O) groups excluding carboxylic acids is 1. The van der Waals surface area contributed by atoms with Gasteiger partial charge in [0.15, 0.2) is 0 Å². The van der Waals surface area contributed by atoms with Gasteiger partial charge in [0.1, 0.15) is 17.6 Å². The predicted molar refractivity (Wildman–Crippen MR) is 84.1 cm³/mol. The lowest BCUT2D eigenvalue weighted by molar-refractivity contribution is -0.136. The molecule has 0 aliphatic carbocycles. The zero-order valence-corrected chi connectivity index (χ0v) is 13.7. The van der Waals surface area contributed by atoms with Crippen LogP contribution < -0.4 is 4.90 Å². The van der Waals surface area contributed by atoms with Gasteiger partial charge in [-0.05, 0) is 32.6 Å². The van der Waals surface area contributed by atoms with Crippen molar-refractivity contribution < 1.29 is 4.79 Å². The summed E-state index contributed by atoms with van der Waals surface area (Å²) in [6, 6.07) is 4.07. The molecule has 1 aliphatic rings. The molecule has 2 rings (SSSR count). The normalized spacial score (nSPS) is 18.1. The Hall–Kier alpha value is -2.16. The van der Waals surface area contributed by atoms with Crippen molar-refractivity contribution in [1.29, 1.82) is 5.26 Å². The van der Waals surface area contributed by atoms with Crippen molar-refractivity contribution in [3.8, 4) is 6.07 Å². The molecule has 0 bridgehead atoms. The van der Waals surface area contributed by atoms with Crippen LogP contribution in [0.25, 0.3) is 0 Å². The van der Waals surface area contributed by atoms with Crippen molar-refractivity contribution in [3.05, 3.63) is 18.1 Å². The summed E-state index contributed by atoms with van der Waals surface area (Å²) in [6.45, 7) is 4.78. The first kappa shape index (κ1) is 16.2. The Morgan fingerprint density at radius 2 is 2.23 bits per heavy atom. The number of likely N-dealkylation sites (tertiary alicyclic amines) is 1. The van der Waals surface area contributed by atoms with Crippen molar-refractivity contribution in [1.82, 2.24) is 14.9 Å². The second-order valence-electron chi connectivity index (χ2n) is 6.61. The van der Waals surface area contributed by atoms with Gasteiger partial charge in [0.05, 0.1) is 6.07 Å². The third kappa shape index (κ3) is 3.53. The zero-order chi connectivity index (χ0) is 16.3. The van der Waals surface area contributed by atoms with Crippen LogP contribution in [-0.2, 0) is 11.2 Å². The van der Waals surface area contributed by atoms with Gasteiger partial charge >= 0.3 is 0 Å². The topological polar surface area (TPSA) is 73.1 Å². The fraction of sp³-hybridized carbons (Fsp3) is 0.625. The Morgan fingerprint density at radius 3 is 2.86 bits per heavy atom. The fourth-order valence-corrected chi connectivity index (χ4v) is 2.66. The van der Waals surface area contributed by atoms with Crippen LogP contribution in [0.5, 0.6) is 0 Å². The summed E-state index contributed by atoms with van der Waals surface area (Å²) in [5, 5.41) is 9.09. The first-order valence-corrected chi connectivity index (χ1v) is 7.52. The molecule has 1 saturated heterocycles. The maximum Gasteiger partial charge on any atom is 0.242 e. The largest absolute Gasteiger partial charge is 0.363 e. The minimum absolute atomic E-state index is 0.0748. The minimum atomic E-state index is -0.943. The number of nitrogens with zero attached hydrogens (tertiary/aromatic N) is 5. The molecule has 1 amide bonds. The van der Waals surface area contributed by atoms with Gasteiger partial charge in [-0.15, -0.1) is 0 Å². The molecule has 1 unspecified atom stereocenters. The number of nitriles is 1. The van der Waals surface area contributed by atoms with E-state index in [1.54, 1.807) is 20.2 Å². The van der Waals surface area contributed by atoms with E-state index in [1.807, 2.05) is 30.0 Å². The minimum Gasteiger partial charge on any atom is -0.363 e. The van der Waals surface area contributed by atoms with E-state index < -0.39 is 5.41 Å². The zero-order valence-electron chi connectivity index (χ0n) is 13.7. The molecule has 118 valence electrons. The molecule has 0 radical (unpaired) electrons.